The minimum absolute atomic E-state index is 0.237. The molecule has 0 saturated carbocycles. The van der Waals surface area contributed by atoms with Gasteiger partial charge in [-0.15, -0.1) is 13.2 Å². The van der Waals surface area contributed by atoms with Gasteiger partial charge in [0.15, 0.2) is 0 Å². The van der Waals surface area contributed by atoms with Crippen LogP contribution in [0.15, 0.2) is 46.9 Å². The summed E-state index contributed by atoms with van der Waals surface area (Å²) in [4.78, 5) is 0. The summed E-state index contributed by atoms with van der Waals surface area (Å²) in [6.45, 7) is 0. The van der Waals surface area contributed by atoms with Crippen molar-refractivity contribution in [3.63, 3.8) is 0 Å². The van der Waals surface area contributed by atoms with Gasteiger partial charge in [-0.25, -0.2) is 4.39 Å². The van der Waals surface area contributed by atoms with E-state index in [1.165, 1.54) is 36.4 Å². The van der Waals surface area contributed by atoms with E-state index >= 15 is 0 Å². The zero-order valence-electron chi connectivity index (χ0n) is 9.34. The van der Waals surface area contributed by atoms with Crippen molar-refractivity contribution in [2.45, 2.75) is 6.36 Å². The molecule has 0 bridgehead atoms. The highest BCUT2D eigenvalue weighted by atomic mass is 79.9. The number of benzene rings is 2. The molecule has 2 aromatic carbocycles. The first kappa shape index (κ1) is 13.9. The van der Waals surface area contributed by atoms with Gasteiger partial charge in [-0.05, 0) is 35.9 Å². The molecular formula is C13H7BrF4O. The lowest BCUT2D eigenvalue weighted by Crippen LogP contribution is -2.17. The van der Waals surface area contributed by atoms with Gasteiger partial charge < -0.3 is 4.74 Å². The molecule has 0 unspecified atom stereocenters. The molecule has 0 aliphatic carbocycles. The Bertz CT molecular complexity index is 578. The summed E-state index contributed by atoms with van der Waals surface area (Å²) >= 11 is 3.08. The first-order chi connectivity index (χ1) is 8.85. The fourth-order valence-corrected chi connectivity index (χ4v) is 1.91. The number of rotatable bonds is 2. The molecule has 2 aromatic rings. The number of hydrogen-bond donors (Lipinski definition) is 0. The van der Waals surface area contributed by atoms with Crippen LogP contribution in [-0.4, -0.2) is 6.36 Å². The van der Waals surface area contributed by atoms with E-state index in [0.29, 0.717) is 10.0 Å². The molecule has 6 heteroatoms. The topological polar surface area (TPSA) is 9.23 Å². The third kappa shape index (κ3) is 3.70. The molecule has 19 heavy (non-hydrogen) atoms. The van der Waals surface area contributed by atoms with Gasteiger partial charge in [-0.1, -0.05) is 28.1 Å². The first-order valence-corrected chi connectivity index (χ1v) is 5.96. The number of alkyl halides is 3. The largest absolute Gasteiger partial charge is 0.573 e. The van der Waals surface area contributed by atoms with Crippen LogP contribution in [0.5, 0.6) is 5.75 Å². The Kier molecular flexibility index (Phi) is 3.80. The van der Waals surface area contributed by atoms with Crippen molar-refractivity contribution >= 4 is 15.9 Å². The van der Waals surface area contributed by atoms with Gasteiger partial charge in [-0.3, -0.25) is 0 Å². The molecule has 0 radical (unpaired) electrons. The van der Waals surface area contributed by atoms with E-state index in [0.717, 1.165) is 0 Å². The van der Waals surface area contributed by atoms with E-state index in [-0.39, 0.29) is 11.3 Å². The molecule has 1 nitrogen and oxygen atoms in total. The second-order valence-electron chi connectivity index (χ2n) is 3.70. The highest BCUT2D eigenvalue weighted by molar-refractivity contribution is 9.10. The predicted molar refractivity (Wildman–Crippen MR) is 66.2 cm³/mol. The SMILES string of the molecule is Fc1ccc(-c2ccc(Br)cc2OC(F)(F)F)cc1. The molecule has 0 aliphatic heterocycles. The molecule has 0 atom stereocenters. The van der Waals surface area contributed by atoms with Crippen LogP contribution in [0.25, 0.3) is 11.1 Å². The van der Waals surface area contributed by atoms with E-state index in [4.69, 9.17) is 0 Å². The zero-order chi connectivity index (χ0) is 14.0. The number of hydrogen-bond acceptors (Lipinski definition) is 1. The van der Waals surface area contributed by atoms with Gasteiger partial charge in [-0.2, -0.15) is 0 Å². The molecule has 0 aromatic heterocycles. The summed E-state index contributed by atoms with van der Waals surface area (Å²) in [7, 11) is 0. The van der Waals surface area contributed by atoms with Crippen LogP contribution in [0.2, 0.25) is 0 Å². The maximum Gasteiger partial charge on any atom is 0.573 e. The summed E-state index contributed by atoms with van der Waals surface area (Å²) < 4.78 is 54.3. The summed E-state index contributed by atoms with van der Waals surface area (Å²) in [5, 5.41) is 0. The van der Waals surface area contributed by atoms with Gasteiger partial charge in [0.05, 0.1) is 0 Å². The van der Waals surface area contributed by atoms with Gasteiger partial charge in [0.25, 0.3) is 0 Å². The van der Waals surface area contributed by atoms with Gasteiger partial charge in [0.2, 0.25) is 0 Å². The van der Waals surface area contributed by atoms with Crippen LogP contribution in [0.3, 0.4) is 0 Å². The normalized spacial score (nSPS) is 11.4. The average molecular weight is 335 g/mol. The van der Waals surface area contributed by atoms with Gasteiger partial charge in [0.1, 0.15) is 11.6 Å². The lowest BCUT2D eigenvalue weighted by Gasteiger charge is -2.13. The Balaban J connectivity index is 2.47. The summed E-state index contributed by atoms with van der Waals surface area (Å²) in [5.41, 5.74) is 0.675. The van der Waals surface area contributed by atoms with Crippen molar-refractivity contribution in [2.75, 3.05) is 0 Å². The number of halogens is 5. The molecule has 100 valence electrons. The third-order valence-corrected chi connectivity index (χ3v) is 2.82. The van der Waals surface area contributed by atoms with Crippen LogP contribution in [0.4, 0.5) is 17.6 Å². The Labute approximate surface area is 114 Å². The molecule has 0 amide bonds. The van der Waals surface area contributed by atoms with E-state index in [1.54, 1.807) is 6.07 Å². The quantitative estimate of drug-likeness (QED) is 0.690. The van der Waals surface area contributed by atoms with Crippen LogP contribution in [0.1, 0.15) is 0 Å². The predicted octanol–water partition coefficient (Wildman–Crippen LogP) is 5.15. The van der Waals surface area contributed by atoms with Crippen LogP contribution >= 0.6 is 15.9 Å². The minimum atomic E-state index is -4.78. The van der Waals surface area contributed by atoms with Crippen molar-refractivity contribution in [1.29, 1.82) is 0 Å². The molecule has 0 aliphatic rings. The molecule has 2 rings (SSSR count). The van der Waals surface area contributed by atoms with Crippen molar-refractivity contribution in [3.8, 4) is 16.9 Å². The number of ether oxygens (including phenoxy) is 1. The monoisotopic (exact) mass is 334 g/mol. The van der Waals surface area contributed by atoms with E-state index in [9.17, 15) is 17.6 Å². The molecule has 0 heterocycles. The van der Waals surface area contributed by atoms with E-state index in [1.807, 2.05) is 0 Å². The van der Waals surface area contributed by atoms with Crippen LogP contribution in [-0.2, 0) is 0 Å². The summed E-state index contributed by atoms with van der Waals surface area (Å²) in [5.74, 6) is -0.798. The zero-order valence-corrected chi connectivity index (χ0v) is 10.9. The highest BCUT2D eigenvalue weighted by Crippen LogP contribution is 2.35. The summed E-state index contributed by atoms with van der Waals surface area (Å²) in [6, 6.07) is 9.40. The van der Waals surface area contributed by atoms with Crippen molar-refractivity contribution in [1.82, 2.24) is 0 Å². The lowest BCUT2D eigenvalue weighted by atomic mass is 10.0. The fourth-order valence-electron chi connectivity index (χ4n) is 1.57. The molecule has 0 fully saturated rings. The Morgan fingerprint density at radius 2 is 1.58 bits per heavy atom. The highest BCUT2D eigenvalue weighted by Gasteiger charge is 2.32. The molecule has 0 spiro atoms. The fraction of sp³-hybridized carbons (Fsp3) is 0.0769. The van der Waals surface area contributed by atoms with Gasteiger partial charge >= 0.3 is 6.36 Å². The lowest BCUT2D eigenvalue weighted by molar-refractivity contribution is -0.274. The summed E-state index contributed by atoms with van der Waals surface area (Å²) in [6.07, 6.45) is -4.78. The van der Waals surface area contributed by atoms with E-state index in [2.05, 4.69) is 20.7 Å². The average Bonchev–Trinajstić information content (AvgIpc) is 2.29. The third-order valence-electron chi connectivity index (χ3n) is 2.32. The Hall–Kier alpha value is -1.56. The van der Waals surface area contributed by atoms with Crippen molar-refractivity contribution < 1.29 is 22.3 Å². The van der Waals surface area contributed by atoms with Crippen molar-refractivity contribution in [3.05, 3.63) is 52.8 Å². The standard InChI is InChI=1S/C13H7BrF4O/c14-9-3-6-11(8-1-4-10(15)5-2-8)12(7-9)19-13(16,17)18/h1-7H. The Morgan fingerprint density at radius 3 is 2.16 bits per heavy atom. The molecular weight excluding hydrogens is 328 g/mol. The van der Waals surface area contributed by atoms with Crippen LogP contribution in [0, 0.1) is 5.82 Å². The maximum absolute atomic E-state index is 12.8. The van der Waals surface area contributed by atoms with E-state index < -0.39 is 12.2 Å². The second kappa shape index (κ2) is 5.21. The van der Waals surface area contributed by atoms with Crippen molar-refractivity contribution in [2.24, 2.45) is 0 Å². The smallest absolute Gasteiger partial charge is 0.405 e. The maximum atomic E-state index is 12.8. The first-order valence-electron chi connectivity index (χ1n) is 5.16. The molecule has 0 saturated heterocycles. The Morgan fingerprint density at radius 1 is 0.947 bits per heavy atom. The second-order valence-corrected chi connectivity index (χ2v) is 4.61. The minimum Gasteiger partial charge on any atom is -0.405 e. The van der Waals surface area contributed by atoms with Crippen LogP contribution < -0.4 is 4.74 Å². The van der Waals surface area contributed by atoms with Gasteiger partial charge in [0, 0.05) is 10.0 Å². The molecule has 0 N–H and O–H groups in total.